The Balaban J connectivity index is 1.79. The first-order valence-electron chi connectivity index (χ1n) is 10.4. The molecule has 0 bridgehead atoms. The van der Waals surface area contributed by atoms with E-state index in [1.807, 2.05) is 0 Å². The minimum atomic E-state index is 0.190. The number of Topliss-reactive ketones (excluding diaryl/α,β-unsaturated/α-hetero) is 1. The van der Waals surface area contributed by atoms with Crippen LogP contribution in [0.3, 0.4) is 0 Å². The molecule has 0 amide bonds. The first-order chi connectivity index (χ1) is 12.8. The molecule has 1 nitrogen and oxygen atoms in total. The van der Waals surface area contributed by atoms with E-state index in [4.69, 9.17) is 0 Å². The summed E-state index contributed by atoms with van der Waals surface area (Å²) in [6, 6.07) is 9.02. The average Bonchev–Trinajstić information content (AvgIpc) is 2.56. The number of benzene rings is 2. The van der Waals surface area contributed by atoms with E-state index in [0.717, 1.165) is 25.7 Å². The van der Waals surface area contributed by atoms with Crippen LogP contribution in [0.1, 0.15) is 63.8 Å². The van der Waals surface area contributed by atoms with E-state index in [1.165, 1.54) is 50.9 Å². The molecule has 1 fully saturated rings. The molecule has 144 valence electrons. The Morgan fingerprint density at radius 3 is 1.33 bits per heavy atom. The molecule has 0 N–H and O–H groups in total. The van der Waals surface area contributed by atoms with Crippen LogP contribution in [-0.4, -0.2) is 5.78 Å². The fourth-order valence-electron chi connectivity index (χ4n) is 5.19. The molecule has 0 spiro atoms. The van der Waals surface area contributed by atoms with Gasteiger partial charge < -0.3 is 0 Å². The van der Waals surface area contributed by atoms with Crippen molar-refractivity contribution in [1.82, 2.24) is 0 Å². The van der Waals surface area contributed by atoms with Gasteiger partial charge in [-0.2, -0.15) is 0 Å². The lowest BCUT2D eigenvalue weighted by Gasteiger charge is -2.29. The molecule has 2 atom stereocenters. The monoisotopic (exact) mass is 362 g/mol. The van der Waals surface area contributed by atoms with E-state index in [-0.39, 0.29) is 11.8 Å². The number of hydrogen-bond donors (Lipinski definition) is 0. The Bertz CT molecular complexity index is 743. The second-order valence-electron chi connectivity index (χ2n) is 8.89. The molecule has 2 aromatic rings. The molecule has 1 aliphatic rings. The van der Waals surface area contributed by atoms with E-state index in [1.54, 1.807) is 0 Å². The molecular weight excluding hydrogens is 328 g/mol. The lowest BCUT2D eigenvalue weighted by Crippen LogP contribution is -2.31. The highest BCUT2D eigenvalue weighted by Gasteiger charge is 2.32. The highest BCUT2D eigenvalue weighted by Crippen LogP contribution is 2.33. The lowest BCUT2D eigenvalue weighted by molar-refractivity contribution is -0.129. The predicted molar refractivity (Wildman–Crippen MR) is 115 cm³/mol. The van der Waals surface area contributed by atoms with Crippen LogP contribution >= 0.6 is 0 Å². The Morgan fingerprint density at radius 2 is 1.00 bits per heavy atom. The molecule has 0 aliphatic heterocycles. The van der Waals surface area contributed by atoms with Crippen LogP contribution in [-0.2, 0) is 17.6 Å². The van der Waals surface area contributed by atoms with Gasteiger partial charge in [-0.1, -0.05) is 41.8 Å². The number of hydrogen-bond acceptors (Lipinski definition) is 1. The minimum absolute atomic E-state index is 0.190. The summed E-state index contributed by atoms with van der Waals surface area (Å²) in [6.45, 7) is 13.1. The van der Waals surface area contributed by atoms with Crippen molar-refractivity contribution >= 4 is 5.78 Å². The van der Waals surface area contributed by atoms with Crippen LogP contribution in [0, 0.1) is 53.4 Å². The van der Waals surface area contributed by atoms with E-state index < -0.39 is 0 Å². The molecule has 0 saturated heterocycles. The van der Waals surface area contributed by atoms with Crippen LogP contribution < -0.4 is 0 Å². The summed E-state index contributed by atoms with van der Waals surface area (Å²) in [5.41, 5.74) is 10.8. The maximum atomic E-state index is 13.3. The van der Waals surface area contributed by atoms with Crippen molar-refractivity contribution < 1.29 is 4.79 Å². The highest BCUT2D eigenvalue weighted by molar-refractivity contribution is 5.85. The molecule has 1 aliphatic carbocycles. The van der Waals surface area contributed by atoms with Gasteiger partial charge in [0.25, 0.3) is 0 Å². The van der Waals surface area contributed by atoms with Gasteiger partial charge in [-0.25, -0.2) is 0 Å². The van der Waals surface area contributed by atoms with Crippen molar-refractivity contribution in [3.05, 3.63) is 68.8 Å². The van der Waals surface area contributed by atoms with Gasteiger partial charge in [-0.15, -0.1) is 0 Å². The zero-order valence-corrected chi connectivity index (χ0v) is 17.9. The highest BCUT2D eigenvalue weighted by atomic mass is 16.1. The molecule has 0 aromatic heterocycles. The second kappa shape index (κ2) is 8.00. The second-order valence-corrected chi connectivity index (χ2v) is 8.89. The van der Waals surface area contributed by atoms with Gasteiger partial charge in [0.1, 0.15) is 5.78 Å². The van der Waals surface area contributed by atoms with Crippen LogP contribution in [0.2, 0.25) is 0 Å². The van der Waals surface area contributed by atoms with Crippen molar-refractivity contribution in [2.24, 2.45) is 11.8 Å². The van der Waals surface area contributed by atoms with E-state index in [9.17, 15) is 4.79 Å². The fourth-order valence-corrected chi connectivity index (χ4v) is 5.19. The average molecular weight is 363 g/mol. The Kier molecular flexibility index (Phi) is 5.89. The van der Waals surface area contributed by atoms with Gasteiger partial charge in [0, 0.05) is 11.8 Å². The maximum absolute atomic E-state index is 13.3. The van der Waals surface area contributed by atoms with Crippen molar-refractivity contribution in [3.8, 4) is 0 Å². The molecular formula is C26H34O. The van der Waals surface area contributed by atoms with Gasteiger partial charge in [0.2, 0.25) is 0 Å². The van der Waals surface area contributed by atoms with Gasteiger partial charge >= 0.3 is 0 Å². The Morgan fingerprint density at radius 1 is 0.667 bits per heavy atom. The number of rotatable bonds is 4. The minimum Gasteiger partial charge on any atom is -0.299 e. The zero-order chi connectivity index (χ0) is 19.7. The molecule has 0 radical (unpaired) electrons. The predicted octanol–water partition coefficient (Wildman–Crippen LogP) is 6.31. The van der Waals surface area contributed by atoms with Crippen molar-refractivity contribution in [2.45, 2.75) is 73.6 Å². The molecule has 1 saturated carbocycles. The standard InChI is InChI=1S/C26H34O/c1-16-10-18(3)24(19(4)11-16)14-22-8-7-9-23(26(22)27)15-25-20(5)12-17(2)13-21(25)6/h10-13,22-23H,7-9,14-15H2,1-6H3/t22-,23-/m0/s1. The largest absolute Gasteiger partial charge is 0.299 e. The third-order valence-electron chi connectivity index (χ3n) is 6.49. The van der Waals surface area contributed by atoms with Crippen molar-refractivity contribution in [2.75, 3.05) is 0 Å². The van der Waals surface area contributed by atoms with Crippen molar-refractivity contribution in [1.29, 1.82) is 0 Å². The van der Waals surface area contributed by atoms with Crippen LogP contribution in [0.25, 0.3) is 0 Å². The molecule has 2 aromatic carbocycles. The smallest absolute Gasteiger partial charge is 0.139 e. The third kappa shape index (κ3) is 4.34. The topological polar surface area (TPSA) is 17.1 Å². The van der Waals surface area contributed by atoms with E-state index in [2.05, 4.69) is 65.8 Å². The summed E-state index contributed by atoms with van der Waals surface area (Å²) >= 11 is 0. The van der Waals surface area contributed by atoms with Gasteiger partial charge in [0.15, 0.2) is 0 Å². The molecule has 0 unspecified atom stereocenters. The number of carbonyl (C=O) groups excluding carboxylic acids is 1. The fraction of sp³-hybridized carbons (Fsp3) is 0.500. The van der Waals surface area contributed by atoms with Gasteiger partial charge in [-0.3, -0.25) is 4.79 Å². The van der Waals surface area contributed by atoms with Crippen LogP contribution in [0.15, 0.2) is 24.3 Å². The number of ketones is 1. The Labute approximate surface area is 165 Å². The first-order valence-corrected chi connectivity index (χ1v) is 10.4. The first kappa shape index (κ1) is 19.9. The lowest BCUT2D eigenvalue weighted by atomic mass is 9.73. The molecule has 3 rings (SSSR count). The number of aryl methyl sites for hydroxylation is 6. The Hall–Kier alpha value is -1.89. The summed E-state index contributed by atoms with van der Waals surface area (Å²) in [7, 11) is 0. The molecule has 0 heterocycles. The number of carbonyl (C=O) groups is 1. The summed E-state index contributed by atoms with van der Waals surface area (Å²) in [6.07, 6.45) is 5.11. The van der Waals surface area contributed by atoms with Crippen molar-refractivity contribution in [3.63, 3.8) is 0 Å². The normalized spacial score (nSPS) is 20.1. The van der Waals surface area contributed by atoms with E-state index >= 15 is 0 Å². The molecule has 27 heavy (non-hydrogen) atoms. The van der Waals surface area contributed by atoms with Gasteiger partial charge in [0.05, 0.1) is 0 Å². The van der Waals surface area contributed by atoms with Crippen LogP contribution in [0.4, 0.5) is 0 Å². The summed E-state index contributed by atoms with van der Waals surface area (Å²) in [5.74, 6) is 0.879. The third-order valence-corrected chi connectivity index (χ3v) is 6.49. The zero-order valence-electron chi connectivity index (χ0n) is 17.9. The maximum Gasteiger partial charge on any atom is 0.139 e. The SMILES string of the molecule is Cc1cc(C)c(C[C@@H]2CCC[C@@H](Cc3c(C)cc(C)cc3C)C2=O)c(C)c1. The van der Waals surface area contributed by atoms with Crippen LogP contribution in [0.5, 0.6) is 0 Å². The van der Waals surface area contributed by atoms with Gasteiger partial charge in [-0.05, 0) is 101 Å². The van der Waals surface area contributed by atoms with E-state index in [0.29, 0.717) is 5.78 Å². The molecule has 1 heteroatoms. The quantitative estimate of drug-likeness (QED) is 0.623. The summed E-state index contributed by atoms with van der Waals surface area (Å²) in [5, 5.41) is 0. The summed E-state index contributed by atoms with van der Waals surface area (Å²) in [4.78, 5) is 13.3. The summed E-state index contributed by atoms with van der Waals surface area (Å²) < 4.78 is 0.